The van der Waals surface area contributed by atoms with Crippen molar-refractivity contribution in [2.24, 2.45) is 0 Å². The molecule has 0 saturated carbocycles. The molecule has 0 aliphatic rings. The number of hydrogen-bond acceptors (Lipinski definition) is 5. The summed E-state index contributed by atoms with van der Waals surface area (Å²) in [6.45, 7) is 4.22. The van der Waals surface area contributed by atoms with Crippen LogP contribution in [0.2, 0.25) is 0 Å². The minimum absolute atomic E-state index is 0.158. The van der Waals surface area contributed by atoms with Crippen LogP contribution < -0.4 is 0 Å². The highest BCUT2D eigenvalue weighted by Gasteiger charge is 2.26. The fraction of sp³-hybridized carbons (Fsp3) is 0.150. The molecule has 2 rings (SSSR count). The van der Waals surface area contributed by atoms with E-state index in [-0.39, 0.29) is 5.57 Å². The molecular formula is C20H18O5. The van der Waals surface area contributed by atoms with E-state index in [2.05, 4.69) is 6.58 Å². The van der Waals surface area contributed by atoms with Gasteiger partial charge in [0.2, 0.25) is 0 Å². The topological polar surface area (TPSA) is 69.7 Å². The van der Waals surface area contributed by atoms with Crippen LogP contribution in [0.5, 0.6) is 0 Å². The van der Waals surface area contributed by atoms with Gasteiger partial charge in [-0.25, -0.2) is 9.59 Å². The Morgan fingerprint density at radius 1 is 0.920 bits per heavy atom. The molecule has 0 bridgehead atoms. The highest BCUT2D eigenvalue weighted by Crippen LogP contribution is 2.26. The van der Waals surface area contributed by atoms with Crippen molar-refractivity contribution in [2.45, 2.75) is 12.8 Å². The largest absolute Gasteiger partial charge is 0.450 e. The van der Waals surface area contributed by atoms with E-state index in [1.807, 2.05) is 12.1 Å². The molecule has 0 fully saturated rings. The van der Waals surface area contributed by atoms with Gasteiger partial charge in [0.1, 0.15) is 5.92 Å². The van der Waals surface area contributed by atoms with Gasteiger partial charge in [-0.3, -0.25) is 4.79 Å². The molecule has 0 spiro atoms. The van der Waals surface area contributed by atoms with Crippen molar-refractivity contribution >= 4 is 17.9 Å². The quantitative estimate of drug-likeness (QED) is 0.460. The lowest BCUT2D eigenvalue weighted by atomic mass is 9.91. The summed E-state index contributed by atoms with van der Waals surface area (Å²) in [7, 11) is 0. The molecule has 0 aliphatic heterocycles. The maximum atomic E-state index is 12.5. The van der Waals surface area contributed by atoms with Crippen molar-refractivity contribution in [3.8, 4) is 0 Å². The second-order valence-corrected chi connectivity index (χ2v) is 5.40. The van der Waals surface area contributed by atoms with Gasteiger partial charge < -0.3 is 9.47 Å². The van der Waals surface area contributed by atoms with Crippen LogP contribution in [-0.2, 0) is 23.9 Å². The highest BCUT2D eigenvalue weighted by molar-refractivity contribution is 5.93. The van der Waals surface area contributed by atoms with E-state index < -0.39 is 30.4 Å². The average molecular weight is 338 g/mol. The van der Waals surface area contributed by atoms with Crippen LogP contribution in [0.4, 0.5) is 0 Å². The molecule has 2 aromatic carbocycles. The molecule has 0 radical (unpaired) electrons. The van der Waals surface area contributed by atoms with Crippen molar-refractivity contribution in [1.82, 2.24) is 0 Å². The maximum Gasteiger partial charge on any atom is 0.351 e. The first-order valence-electron chi connectivity index (χ1n) is 7.66. The molecule has 0 atom stereocenters. The lowest BCUT2D eigenvalue weighted by Gasteiger charge is -2.16. The lowest BCUT2D eigenvalue weighted by molar-refractivity contribution is -0.166. The Labute approximate surface area is 145 Å². The fourth-order valence-corrected chi connectivity index (χ4v) is 2.20. The van der Waals surface area contributed by atoms with Gasteiger partial charge in [0.05, 0.1) is 0 Å². The summed E-state index contributed by atoms with van der Waals surface area (Å²) in [5.41, 5.74) is 1.56. The van der Waals surface area contributed by atoms with Crippen LogP contribution in [0.3, 0.4) is 0 Å². The zero-order valence-corrected chi connectivity index (χ0v) is 13.8. The number of ether oxygens (including phenoxy) is 2. The summed E-state index contributed by atoms with van der Waals surface area (Å²) in [6.07, 6.45) is 0. The average Bonchev–Trinajstić information content (AvgIpc) is 2.61. The summed E-state index contributed by atoms with van der Waals surface area (Å²) in [5, 5.41) is 0. The summed E-state index contributed by atoms with van der Waals surface area (Å²) >= 11 is 0. The molecule has 2 aromatic rings. The predicted molar refractivity (Wildman–Crippen MR) is 91.6 cm³/mol. The number of hydrogen-bond donors (Lipinski definition) is 0. The van der Waals surface area contributed by atoms with Crippen LogP contribution in [0.25, 0.3) is 0 Å². The van der Waals surface area contributed by atoms with Crippen molar-refractivity contribution in [1.29, 1.82) is 0 Å². The van der Waals surface area contributed by atoms with Gasteiger partial charge in [0.15, 0.2) is 6.61 Å². The Morgan fingerprint density at radius 3 is 1.84 bits per heavy atom. The Bertz CT molecular complexity index is 726. The van der Waals surface area contributed by atoms with Crippen LogP contribution in [-0.4, -0.2) is 24.5 Å². The van der Waals surface area contributed by atoms with Crippen molar-refractivity contribution < 1.29 is 23.9 Å². The number of carbonyl (C=O) groups is 3. The fourth-order valence-electron chi connectivity index (χ4n) is 2.20. The Hall–Kier alpha value is -3.21. The van der Waals surface area contributed by atoms with E-state index in [1.165, 1.54) is 6.92 Å². The molecule has 25 heavy (non-hydrogen) atoms. The zero-order chi connectivity index (χ0) is 18.2. The Morgan fingerprint density at radius 2 is 1.40 bits per heavy atom. The third kappa shape index (κ3) is 5.14. The minimum atomic E-state index is -0.934. The summed E-state index contributed by atoms with van der Waals surface area (Å²) in [4.78, 5) is 35.6. The van der Waals surface area contributed by atoms with Gasteiger partial charge in [-0.2, -0.15) is 0 Å². The molecule has 0 aliphatic carbocycles. The monoisotopic (exact) mass is 338 g/mol. The summed E-state index contributed by atoms with van der Waals surface area (Å²) < 4.78 is 9.56. The molecule has 0 unspecified atom stereocenters. The van der Waals surface area contributed by atoms with Crippen molar-refractivity contribution in [2.75, 3.05) is 6.61 Å². The number of rotatable bonds is 6. The molecule has 128 valence electrons. The second kappa shape index (κ2) is 8.59. The van der Waals surface area contributed by atoms with Crippen LogP contribution >= 0.6 is 0 Å². The number of carbonyl (C=O) groups excluding carboxylic acids is 3. The first-order chi connectivity index (χ1) is 12.0. The van der Waals surface area contributed by atoms with E-state index in [1.54, 1.807) is 48.5 Å². The van der Waals surface area contributed by atoms with E-state index in [0.29, 0.717) is 11.1 Å². The number of benzene rings is 2. The van der Waals surface area contributed by atoms with Crippen LogP contribution in [0.1, 0.15) is 24.0 Å². The molecule has 0 heterocycles. The van der Waals surface area contributed by atoms with Crippen LogP contribution in [0, 0.1) is 0 Å². The summed E-state index contributed by atoms with van der Waals surface area (Å²) in [6, 6.07) is 18.0. The first kappa shape index (κ1) is 18.1. The van der Waals surface area contributed by atoms with E-state index in [9.17, 15) is 14.4 Å². The highest BCUT2D eigenvalue weighted by atomic mass is 16.6. The normalized spacial score (nSPS) is 10.2. The molecular weight excluding hydrogens is 320 g/mol. The zero-order valence-electron chi connectivity index (χ0n) is 13.8. The van der Waals surface area contributed by atoms with Gasteiger partial charge in [0.25, 0.3) is 0 Å². The Kier molecular flexibility index (Phi) is 6.23. The second-order valence-electron chi connectivity index (χ2n) is 5.40. The Balaban J connectivity index is 2.13. The van der Waals surface area contributed by atoms with Gasteiger partial charge >= 0.3 is 17.9 Å². The third-order valence-corrected chi connectivity index (χ3v) is 3.39. The minimum Gasteiger partial charge on any atom is -0.450 e. The first-order valence-corrected chi connectivity index (χ1v) is 7.66. The third-order valence-electron chi connectivity index (χ3n) is 3.39. The van der Waals surface area contributed by atoms with Gasteiger partial charge in [-0.15, -0.1) is 0 Å². The standard InChI is InChI=1S/C20H18O5/c1-14(2)19(22)24-13-17(21)25-20(23)18(15-9-5-3-6-10-15)16-11-7-4-8-12-16/h3-12,18H,1,13H2,2H3. The molecule has 5 heteroatoms. The molecule has 0 N–H and O–H groups in total. The van der Waals surface area contributed by atoms with Gasteiger partial charge in [-0.1, -0.05) is 67.2 Å². The molecule has 5 nitrogen and oxygen atoms in total. The molecule has 0 saturated heterocycles. The molecule has 0 aromatic heterocycles. The molecule has 0 amide bonds. The van der Waals surface area contributed by atoms with Gasteiger partial charge in [0, 0.05) is 5.57 Å². The van der Waals surface area contributed by atoms with E-state index in [0.717, 1.165) is 0 Å². The van der Waals surface area contributed by atoms with Crippen LogP contribution in [0.15, 0.2) is 72.8 Å². The predicted octanol–water partition coefficient (Wildman–Crippen LogP) is 3.01. The maximum absolute atomic E-state index is 12.5. The van der Waals surface area contributed by atoms with Crippen molar-refractivity contribution in [3.63, 3.8) is 0 Å². The smallest absolute Gasteiger partial charge is 0.351 e. The van der Waals surface area contributed by atoms with E-state index >= 15 is 0 Å². The summed E-state index contributed by atoms with van der Waals surface area (Å²) in [5.74, 6) is -3.12. The van der Waals surface area contributed by atoms with E-state index in [4.69, 9.17) is 9.47 Å². The number of esters is 3. The van der Waals surface area contributed by atoms with Gasteiger partial charge in [-0.05, 0) is 18.1 Å². The van der Waals surface area contributed by atoms with Crippen molar-refractivity contribution in [3.05, 3.63) is 83.9 Å². The lowest BCUT2D eigenvalue weighted by Crippen LogP contribution is -2.24. The SMILES string of the molecule is C=C(C)C(=O)OCC(=O)OC(=O)C(c1ccccc1)c1ccccc1.